The largest absolute Gasteiger partial charge is 0.478 e. The van der Waals surface area contributed by atoms with Crippen molar-refractivity contribution in [2.75, 3.05) is 13.1 Å². The Labute approximate surface area is 181 Å². The summed E-state index contributed by atoms with van der Waals surface area (Å²) < 4.78 is 11.3. The number of hydrogen-bond acceptors (Lipinski definition) is 7. The number of carbonyl (C=O) groups is 1. The van der Waals surface area contributed by atoms with Gasteiger partial charge in [0.1, 0.15) is 12.1 Å². The van der Waals surface area contributed by atoms with Crippen LogP contribution < -0.4 is 4.74 Å². The molecule has 0 saturated carbocycles. The SMILES string of the molecule is CCc1nc(-c2cncnc2[C@@H]2CCN(C(=O)C(C)(C)Oc3cccc(C)c3)C2)no1. The van der Waals surface area contributed by atoms with E-state index in [1.807, 2.05) is 56.9 Å². The van der Waals surface area contributed by atoms with Crippen molar-refractivity contribution in [3.63, 3.8) is 0 Å². The molecule has 1 atom stereocenters. The van der Waals surface area contributed by atoms with Crippen molar-refractivity contribution in [1.82, 2.24) is 25.0 Å². The summed E-state index contributed by atoms with van der Waals surface area (Å²) in [6.07, 6.45) is 4.70. The van der Waals surface area contributed by atoms with E-state index in [0.29, 0.717) is 37.0 Å². The van der Waals surface area contributed by atoms with E-state index in [2.05, 4.69) is 20.1 Å². The second-order valence-corrected chi connectivity index (χ2v) is 8.35. The average molecular weight is 422 g/mol. The molecular weight excluding hydrogens is 394 g/mol. The number of aromatic nitrogens is 4. The molecule has 1 aliphatic heterocycles. The lowest BCUT2D eigenvalue weighted by Gasteiger charge is -2.30. The molecule has 8 nitrogen and oxygen atoms in total. The first kappa shape index (κ1) is 21.0. The van der Waals surface area contributed by atoms with E-state index in [0.717, 1.165) is 23.2 Å². The maximum Gasteiger partial charge on any atom is 0.266 e. The molecule has 0 N–H and O–H groups in total. The Morgan fingerprint density at radius 1 is 1.35 bits per heavy atom. The summed E-state index contributed by atoms with van der Waals surface area (Å²) in [5.74, 6) is 1.78. The molecule has 1 saturated heterocycles. The maximum absolute atomic E-state index is 13.3. The molecule has 162 valence electrons. The first-order valence-electron chi connectivity index (χ1n) is 10.6. The molecule has 3 aromatic rings. The maximum atomic E-state index is 13.3. The van der Waals surface area contributed by atoms with Crippen LogP contribution in [0.2, 0.25) is 0 Å². The van der Waals surface area contributed by atoms with Crippen LogP contribution in [0.5, 0.6) is 5.75 Å². The summed E-state index contributed by atoms with van der Waals surface area (Å²) in [5, 5.41) is 4.07. The fraction of sp³-hybridized carbons (Fsp3) is 0.435. The van der Waals surface area contributed by atoms with Gasteiger partial charge in [-0.05, 0) is 44.9 Å². The summed E-state index contributed by atoms with van der Waals surface area (Å²) >= 11 is 0. The molecular formula is C23H27N5O3. The van der Waals surface area contributed by atoms with Crippen molar-refractivity contribution in [3.8, 4) is 17.1 Å². The number of likely N-dealkylation sites (tertiary alicyclic amines) is 1. The summed E-state index contributed by atoms with van der Waals surface area (Å²) in [6.45, 7) is 8.78. The van der Waals surface area contributed by atoms with Gasteiger partial charge in [0, 0.05) is 31.6 Å². The van der Waals surface area contributed by atoms with Crippen LogP contribution in [0.15, 0.2) is 41.3 Å². The van der Waals surface area contributed by atoms with Crippen LogP contribution in [0.3, 0.4) is 0 Å². The van der Waals surface area contributed by atoms with Gasteiger partial charge in [-0.15, -0.1) is 0 Å². The van der Waals surface area contributed by atoms with Crippen molar-refractivity contribution < 1.29 is 14.1 Å². The number of nitrogens with zero attached hydrogens (tertiary/aromatic N) is 5. The Kier molecular flexibility index (Phi) is 5.71. The van der Waals surface area contributed by atoms with Gasteiger partial charge < -0.3 is 14.2 Å². The third-order valence-electron chi connectivity index (χ3n) is 5.49. The minimum atomic E-state index is -0.971. The van der Waals surface area contributed by atoms with Crippen LogP contribution in [0, 0.1) is 6.92 Å². The average Bonchev–Trinajstić information content (AvgIpc) is 3.43. The molecule has 4 rings (SSSR count). The minimum Gasteiger partial charge on any atom is -0.478 e. The highest BCUT2D eigenvalue weighted by Crippen LogP contribution is 2.33. The first-order chi connectivity index (χ1) is 14.9. The summed E-state index contributed by atoms with van der Waals surface area (Å²) in [7, 11) is 0. The summed E-state index contributed by atoms with van der Waals surface area (Å²) in [4.78, 5) is 28.2. The summed E-state index contributed by atoms with van der Waals surface area (Å²) in [5.41, 5.74) is 1.71. The van der Waals surface area contributed by atoms with Crippen molar-refractivity contribution in [2.24, 2.45) is 0 Å². The monoisotopic (exact) mass is 421 g/mol. The van der Waals surface area contributed by atoms with Gasteiger partial charge in [0.05, 0.1) is 11.3 Å². The molecule has 0 aliphatic carbocycles. The lowest BCUT2D eigenvalue weighted by molar-refractivity contribution is -0.144. The number of carbonyl (C=O) groups excluding carboxylic acids is 1. The predicted molar refractivity (Wildman–Crippen MR) is 115 cm³/mol. The highest BCUT2D eigenvalue weighted by Gasteiger charge is 2.39. The Morgan fingerprint density at radius 3 is 2.94 bits per heavy atom. The number of benzene rings is 1. The van der Waals surface area contributed by atoms with Crippen LogP contribution in [0.1, 0.15) is 50.3 Å². The quantitative estimate of drug-likeness (QED) is 0.600. The van der Waals surface area contributed by atoms with Crippen molar-refractivity contribution >= 4 is 5.91 Å². The number of rotatable bonds is 6. The fourth-order valence-corrected chi connectivity index (χ4v) is 3.91. The fourth-order valence-electron chi connectivity index (χ4n) is 3.91. The zero-order valence-corrected chi connectivity index (χ0v) is 18.3. The lowest BCUT2D eigenvalue weighted by Crippen LogP contribution is -2.48. The van der Waals surface area contributed by atoms with Gasteiger partial charge >= 0.3 is 0 Å². The molecule has 0 spiro atoms. The van der Waals surface area contributed by atoms with Gasteiger partial charge in [0.2, 0.25) is 11.7 Å². The van der Waals surface area contributed by atoms with E-state index in [9.17, 15) is 4.79 Å². The van der Waals surface area contributed by atoms with Crippen molar-refractivity contribution in [3.05, 3.63) is 53.9 Å². The molecule has 2 aromatic heterocycles. The highest BCUT2D eigenvalue weighted by atomic mass is 16.5. The lowest BCUT2D eigenvalue weighted by atomic mass is 10.00. The van der Waals surface area contributed by atoms with Gasteiger partial charge in [-0.1, -0.05) is 24.2 Å². The Morgan fingerprint density at radius 2 is 2.19 bits per heavy atom. The van der Waals surface area contributed by atoms with Crippen LogP contribution >= 0.6 is 0 Å². The first-order valence-corrected chi connectivity index (χ1v) is 10.6. The third-order valence-corrected chi connectivity index (χ3v) is 5.49. The van der Waals surface area contributed by atoms with Gasteiger partial charge in [-0.3, -0.25) is 4.79 Å². The van der Waals surface area contributed by atoms with Gasteiger partial charge in [0.25, 0.3) is 5.91 Å². The van der Waals surface area contributed by atoms with Crippen LogP contribution in [0.25, 0.3) is 11.4 Å². The standard InChI is InChI=1S/C23H27N5O3/c1-5-19-26-21(27-31-19)18-12-24-14-25-20(18)16-9-10-28(13-16)22(29)23(3,4)30-17-8-6-7-15(2)11-17/h6-8,11-12,14,16H,5,9-10,13H2,1-4H3/t16-/m1/s1. The third kappa shape index (κ3) is 4.42. The predicted octanol–water partition coefficient (Wildman–Crippen LogP) is 3.57. The molecule has 1 amide bonds. The van der Waals surface area contributed by atoms with Gasteiger partial charge in [-0.2, -0.15) is 4.98 Å². The number of amides is 1. The van der Waals surface area contributed by atoms with E-state index in [1.54, 1.807) is 6.20 Å². The second kappa shape index (κ2) is 8.45. The van der Waals surface area contributed by atoms with E-state index in [-0.39, 0.29) is 11.8 Å². The Hall–Kier alpha value is -3.29. The van der Waals surface area contributed by atoms with Gasteiger partial charge in [-0.25, -0.2) is 9.97 Å². The number of aryl methyl sites for hydroxylation is 2. The number of ether oxygens (including phenoxy) is 1. The molecule has 0 bridgehead atoms. The van der Waals surface area contributed by atoms with E-state index < -0.39 is 5.60 Å². The second-order valence-electron chi connectivity index (χ2n) is 8.35. The highest BCUT2D eigenvalue weighted by molar-refractivity contribution is 5.85. The molecule has 1 fully saturated rings. The minimum absolute atomic E-state index is 0.0417. The molecule has 8 heteroatoms. The Bertz CT molecular complexity index is 1080. The van der Waals surface area contributed by atoms with Gasteiger partial charge in [0.15, 0.2) is 5.60 Å². The molecule has 0 unspecified atom stereocenters. The zero-order valence-electron chi connectivity index (χ0n) is 18.3. The molecule has 31 heavy (non-hydrogen) atoms. The van der Waals surface area contributed by atoms with Crippen LogP contribution in [0.4, 0.5) is 0 Å². The van der Waals surface area contributed by atoms with Crippen LogP contribution in [-0.2, 0) is 11.2 Å². The molecule has 1 aromatic carbocycles. The van der Waals surface area contributed by atoms with E-state index in [1.165, 1.54) is 6.33 Å². The van der Waals surface area contributed by atoms with E-state index in [4.69, 9.17) is 9.26 Å². The summed E-state index contributed by atoms with van der Waals surface area (Å²) in [6, 6.07) is 7.73. The van der Waals surface area contributed by atoms with Crippen LogP contribution in [-0.4, -0.2) is 49.6 Å². The smallest absolute Gasteiger partial charge is 0.266 e. The molecule has 1 aliphatic rings. The molecule has 3 heterocycles. The van der Waals surface area contributed by atoms with Crippen molar-refractivity contribution in [1.29, 1.82) is 0 Å². The zero-order chi connectivity index (χ0) is 22.0. The topological polar surface area (TPSA) is 94.2 Å². The number of hydrogen-bond donors (Lipinski definition) is 0. The van der Waals surface area contributed by atoms with E-state index >= 15 is 0 Å². The Balaban J connectivity index is 1.50. The van der Waals surface area contributed by atoms with Crippen molar-refractivity contribution in [2.45, 2.75) is 52.1 Å². The molecule has 0 radical (unpaired) electrons. The normalized spacial score (nSPS) is 16.5.